The Morgan fingerprint density at radius 3 is 2.95 bits per heavy atom. The Morgan fingerprint density at radius 1 is 1.36 bits per heavy atom. The number of aryl methyl sites for hydroxylation is 1. The molecule has 1 aromatic carbocycles. The standard InChI is InChI=1S/C18H23NO3/c1-12-6-7-15-14(10-18(21)22-17(15)9-12)11-19-8-4-3-5-16(19)13(2)20/h6-7,9-10,13,16,20H,3-5,8,11H2,1-2H3. The third-order valence-electron chi connectivity index (χ3n) is 4.58. The molecule has 0 aliphatic carbocycles. The van der Waals surface area contributed by atoms with Crippen molar-refractivity contribution in [3.8, 4) is 0 Å². The molecule has 4 nitrogen and oxygen atoms in total. The zero-order valence-corrected chi connectivity index (χ0v) is 13.2. The lowest BCUT2D eigenvalue weighted by Crippen LogP contribution is -2.45. The summed E-state index contributed by atoms with van der Waals surface area (Å²) in [4.78, 5) is 14.1. The molecule has 0 saturated carbocycles. The summed E-state index contributed by atoms with van der Waals surface area (Å²) >= 11 is 0. The predicted molar refractivity (Wildman–Crippen MR) is 87.0 cm³/mol. The van der Waals surface area contributed by atoms with Gasteiger partial charge in [0.25, 0.3) is 0 Å². The third-order valence-corrected chi connectivity index (χ3v) is 4.58. The van der Waals surface area contributed by atoms with Gasteiger partial charge in [0.15, 0.2) is 0 Å². The highest BCUT2D eigenvalue weighted by molar-refractivity contribution is 5.80. The molecule has 2 heterocycles. The summed E-state index contributed by atoms with van der Waals surface area (Å²) in [5.41, 5.74) is 2.40. The van der Waals surface area contributed by atoms with E-state index in [1.807, 2.05) is 32.0 Å². The van der Waals surface area contributed by atoms with E-state index in [1.165, 1.54) is 0 Å². The van der Waals surface area contributed by atoms with Gasteiger partial charge in [0.1, 0.15) is 5.58 Å². The summed E-state index contributed by atoms with van der Waals surface area (Å²) in [5, 5.41) is 11.0. The van der Waals surface area contributed by atoms with Crippen molar-refractivity contribution in [2.45, 2.75) is 51.8 Å². The van der Waals surface area contributed by atoms with Gasteiger partial charge >= 0.3 is 5.63 Å². The van der Waals surface area contributed by atoms with Crippen LogP contribution in [0.3, 0.4) is 0 Å². The molecule has 1 fully saturated rings. The number of fused-ring (bicyclic) bond motifs is 1. The number of aliphatic hydroxyl groups excluding tert-OH is 1. The highest BCUT2D eigenvalue weighted by atomic mass is 16.4. The van der Waals surface area contributed by atoms with E-state index in [9.17, 15) is 9.90 Å². The van der Waals surface area contributed by atoms with Crippen molar-refractivity contribution in [1.29, 1.82) is 0 Å². The van der Waals surface area contributed by atoms with Crippen LogP contribution in [-0.4, -0.2) is 28.7 Å². The van der Waals surface area contributed by atoms with E-state index in [-0.39, 0.29) is 17.8 Å². The molecule has 0 spiro atoms. The van der Waals surface area contributed by atoms with Gasteiger partial charge in [-0.1, -0.05) is 18.6 Å². The van der Waals surface area contributed by atoms with E-state index in [0.717, 1.165) is 42.3 Å². The van der Waals surface area contributed by atoms with Gasteiger partial charge in [0.05, 0.1) is 6.10 Å². The molecule has 1 N–H and O–H groups in total. The number of benzene rings is 1. The summed E-state index contributed by atoms with van der Waals surface area (Å²) < 4.78 is 5.32. The highest BCUT2D eigenvalue weighted by Gasteiger charge is 2.26. The Morgan fingerprint density at radius 2 is 2.18 bits per heavy atom. The van der Waals surface area contributed by atoms with Gasteiger partial charge in [-0.25, -0.2) is 4.79 Å². The number of piperidine rings is 1. The zero-order chi connectivity index (χ0) is 15.7. The van der Waals surface area contributed by atoms with E-state index in [2.05, 4.69) is 4.90 Å². The van der Waals surface area contributed by atoms with E-state index >= 15 is 0 Å². The van der Waals surface area contributed by atoms with Gasteiger partial charge in [-0.15, -0.1) is 0 Å². The fraction of sp³-hybridized carbons (Fsp3) is 0.500. The summed E-state index contributed by atoms with van der Waals surface area (Å²) in [6.07, 6.45) is 2.95. The van der Waals surface area contributed by atoms with Crippen LogP contribution in [0.25, 0.3) is 11.0 Å². The molecule has 22 heavy (non-hydrogen) atoms. The van der Waals surface area contributed by atoms with Crippen LogP contribution in [0.2, 0.25) is 0 Å². The van der Waals surface area contributed by atoms with E-state index < -0.39 is 0 Å². The maximum atomic E-state index is 11.8. The molecule has 4 heteroatoms. The highest BCUT2D eigenvalue weighted by Crippen LogP contribution is 2.25. The predicted octanol–water partition coefficient (Wildman–Crippen LogP) is 2.84. The number of nitrogens with zero attached hydrogens (tertiary/aromatic N) is 1. The molecule has 2 unspecified atom stereocenters. The number of aliphatic hydroxyl groups is 1. The molecule has 2 atom stereocenters. The van der Waals surface area contributed by atoms with E-state index in [0.29, 0.717) is 12.1 Å². The second kappa shape index (κ2) is 6.23. The molecule has 0 bridgehead atoms. The normalized spacial score (nSPS) is 21.1. The maximum Gasteiger partial charge on any atom is 0.336 e. The van der Waals surface area contributed by atoms with Crippen LogP contribution in [0.4, 0.5) is 0 Å². The molecule has 118 valence electrons. The quantitative estimate of drug-likeness (QED) is 0.886. The van der Waals surface area contributed by atoms with Gasteiger partial charge in [0.2, 0.25) is 0 Å². The Kier molecular flexibility index (Phi) is 4.32. The average Bonchev–Trinajstić information content (AvgIpc) is 2.46. The second-order valence-corrected chi connectivity index (χ2v) is 6.36. The molecular formula is C18H23NO3. The molecule has 1 saturated heterocycles. The number of hydrogen-bond acceptors (Lipinski definition) is 4. The molecule has 0 amide bonds. The average molecular weight is 301 g/mol. The third kappa shape index (κ3) is 3.08. The van der Waals surface area contributed by atoms with Crippen molar-refractivity contribution < 1.29 is 9.52 Å². The van der Waals surface area contributed by atoms with Gasteiger partial charge in [-0.2, -0.15) is 0 Å². The van der Waals surface area contributed by atoms with Crippen LogP contribution in [0, 0.1) is 6.92 Å². The molecule has 1 aliphatic rings. The molecule has 1 aliphatic heterocycles. The van der Waals surface area contributed by atoms with Crippen molar-refractivity contribution in [2.24, 2.45) is 0 Å². The van der Waals surface area contributed by atoms with Gasteiger partial charge < -0.3 is 9.52 Å². The smallest absolute Gasteiger partial charge is 0.336 e. The van der Waals surface area contributed by atoms with Crippen LogP contribution in [-0.2, 0) is 6.54 Å². The van der Waals surface area contributed by atoms with Crippen LogP contribution in [0.1, 0.15) is 37.3 Å². The minimum Gasteiger partial charge on any atom is -0.423 e. The lowest BCUT2D eigenvalue weighted by atomic mass is 9.97. The minimum absolute atomic E-state index is 0.168. The summed E-state index contributed by atoms with van der Waals surface area (Å²) in [7, 11) is 0. The maximum absolute atomic E-state index is 11.8. The first kappa shape index (κ1) is 15.3. The number of hydrogen-bond donors (Lipinski definition) is 1. The van der Waals surface area contributed by atoms with Crippen LogP contribution in [0.5, 0.6) is 0 Å². The summed E-state index contributed by atoms with van der Waals surface area (Å²) in [6.45, 7) is 5.48. The van der Waals surface area contributed by atoms with Crippen molar-refractivity contribution in [3.05, 3.63) is 45.8 Å². The van der Waals surface area contributed by atoms with Gasteiger partial charge in [0, 0.05) is 24.0 Å². The Bertz CT molecular complexity index is 720. The molecule has 2 aromatic rings. The molecule has 0 radical (unpaired) electrons. The van der Waals surface area contributed by atoms with Crippen molar-refractivity contribution in [3.63, 3.8) is 0 Å². The Hall–Kier alpha value is -1.65. The van der Waals surface area contributed by atoms with Gasteiger partial charge in [-0.3, -0.25) is 4.90 Å². The summed E-state index contributed by atoms with van der Waals surface area (Å²) in [6, 6.07) is 7.72. The van der Waals surface area contributed by atoms with Gasteiger partial charge in [-0.05, 0) is 50.4 Å². The topological polar surface area (TPSA) is 53.7 Å². The largest absolute Gasteiger partial charge is 0.423 e. The SMILES string of the molecule is Cc1ccc2c(CN3CCCCC3C(C)O)cc(=O)oc2c1. The monoisotopic (exact) mass is 301 g/mol. The first-order valence-electron chi connectivity index (χ1n) is 8.00. The van der Waals surface area contributed by atoms with Crippen LogP contribution in [0.15, 0.2) is 33.5 Å². The Balaban J connectivity index is 1.97. The van der Waals surface area contributed by atoms with Crippen LogP contribution < -0.4 is 5.63 Å². The first-order chi connectivity index (χ1) is 10.5. The van der Waals surface area contributed by atoms with Crippen molar-refractivity contribution in [1.82, 2.24) is 4.90 Å². The molecule has 1 aromatic heterocycles. The molecule has 3 rings (SSSR count). The van der Waals surface area contributed by atoms with Crippen molar-refractivity contribution >= 4 is 11.0 Å². The lowest BCUT2D eigenvalue weighted by molar-refractivity contribution is 0.0318. The first-order valence-corrected chi connectivity index (χ1v) is 8.00. The van der Waals surface area contributed by atoms with E-state index in [4.69, 9.17) is 4.42 Å². The second-order valence-electron chi connectivity index (χ2n) is 6.36. The lowest BCUT2D eigenvalue weighted by Gasteiger charge is -2.37. The van der Waals surface area contributed by atoms with E-state index in [1.54, 1.807) is 6.07 Å². The minimum atomic E-state index is -0.353. The Labute approximate surface area is 130 Å². The number of rotatable bonds is 3. The fourth-order valence-corrected chi connectivity index (χ4v) is 3.45. The fourth-order valence-electron chi connectivity index (χ4n) is 3.45. The van der Waals surface area contributed by atoms with Crippen molar-refractivity contribution in [2.75, 3.05) is 6.54 Å². The van der Waals surface area contributed by atoms with Crippen LogP contribution >= 0.6 is 0 Å². The number of likely N-dealkylation sites (tertiary alicyclic amines) is 1. The summed E-state index contributed by atoms with van der Waals surface area (Å²) in [5.74, 6) is 0. The molecular weight excluding hydrogens is 278 g/mol. The zero-order valence-electron chi connectivity index (χ0n) is 13.2.